The molecule has 0 aliphatic carbocycles. The zero-order valence-electron chi connectivity index (χ0n) is 15.9. The highest BCUT2D eigenvalue weighted by molar-refractivity contribution is 5.95. The minimum absolute atomic E-state index is 0.136. The van der Waals surface area contributed by atoms with E-state index < -0.39 is 0 Å². The molecule has 0 aliphatic heterocycles. The van der Waals surface area contributed by atoms with Gasteiger partial charge in [-0.1, -0.05) is 42.5 Å². The van der Waals surface area contributed by atoms with E-state index in [9.17, 15) is 4.79 Å². The Hall–Kier alpha value is -3.14. The number of nitrogens with one attached hydrogen (secondary N) is 1. The molecular formula is C23H24N2O2. The Morgan fingerprint density at radius 1 is 0.963 bits per heavy atom. The van der Waals surface area contributed by atoms with Crippen LogP contribution in [-0.2, 0) is 0 Å². The maximum atomic E-state index is 12.9. The number of aryl methyl sites for hydroxylation is 2. The lowest BCUT2D eigenvalue weighted by Crippen LogP contribution is -2.30. The molecule has 0 bridgehead atoms. The lowest BCUT2D eigenvalue weighted by molar-refractivity contribution is 0.0942. The second kappa shape index (κ2) is 8.49. The van der Waals surface area contributed by atoms with Crippen LogP contribution in [0.3, 0.4) is 0 Å². The van der Waals surface area contributed by atoms with Crippen LogP contribution in [0.4, 0.5) is 0 Å². The van der Waals surface area contributed by atoms with Crippen molar-refractivity contribution < 1.29 is 9.53 Å². The fourth-order valence-electron chi connectivity index (χ4n) is 3.06. The van der Waals surface area contributed by atoms with Gasteiger partial charge < -0.3 is 10.1 Å². The molecule has 1 unspecified atom stereocenters. The standard InChI is InChI=1S/C23H24N2O2/c1-4-27-20-13-11-19(12-14-20)22(18-8-6-5-7-9-18)25-23(26)21-15-10-16(2)24-17(21)3/h5-15,22H,4H2,1-3H3,(H,25,26). The van der Waals surface area contributed by atoms with Gasteiger partial charge in [-0.15, -0.1) is 0 Å². The van der Waals surface area contributed by atoms with E-state index in [4.69, 9.17) is 4.74 Å². The summed E-state index contributed by atoms with van der Waals surface area (Å²) in [5, 5.41) is 3.16. The molecule has 138 valence electrons. The molecule has 1 aromatic heterocycles. The maximum Gasteiger partial charge on any atom is 0.253 e. The molecule has 0 saturated heterocycles. The highest BCUT2D eigenvalue weighted by Gasteiger charge is 2.19. The number of rotatable bonds is 6. The Bertz CT molecular complexity index is 905. The molecule has 27 heavy (non-hydrogen) atoms. The van der Waals surface area contributed by atoms with E-state index >= 15 is 0 Å². The number of hydrogen-bond donors (Lipinski definition) is 1. The third-order valence-corrected chi connectivity index (χ3v) is 4.40. The highest BCUT2D eigenvalue weighted by Crippen LogP contribution is 2.25. The van der Waals surface area contributed by atoms with Crippen LogP contribution >= 0.6 is 0 Å². The monoisotopic (exact) mass is 360 g/mol. The van der Waals surface area contributed by atoms with Gasteiger partial charge in [0.15, 0.2) is 0 Å². The molecule has 0 spiro atoms. The number of carbonyl (C=O) groups excluding carboxylic acids is 1. The van der Waals surface area contributed by atoms with Gasteiger partial charge in [0.25, 0.3) is 5.91 Å². The minimum atomic E-state index is -0.255. The number of aromatic nitrogens is 1. The summed E-state index contributed by atoms with van der Waals surface area (Å²) in [7, 11) is 0. The largest absolute Gasteiger partial charge is 0.494 e. The number of carbonyl (C=O) groups is 1. The second-order valence-corrected chi connectivity index (χ2v) is 6.40. The van der Waals surface area contributed by atoms with Gasteiger partial charge in [0.1, 0.15) is 5.75 Å². The molecule has 2 aromatic carbocycles. The third-order valence-electron chi connectivity index (χ3n) is 4.40. The Morgan fingerprint density at radius 2 is 1.63 bits per heavy atom. The summed E-state index contributed by atoms with van der Waals surface area (Å²) in [6.45, 7) is 6.36. The number of ether oxygens (including phenoxy) is 1. The normalized spacial score (nSPS) is 11.7. The molecule has 3 rings (SSSR count). The summed E-state index contributed by atoms with van der Waals surface area (Å²) >= 11 is 0. The molecule has 0 saturated carbocycles. The summed E-state index contributed by atoms with van der Waals surface area (Å²) in [5.41, 5.74) is 4.23. The molecule has 0 aliphatic rings. The Morgan fingerprint density at radius 3 is 2.26 bits per heavy atom. The predicted molar refractivity (Wildman–Crippen MR) is 107 cm³/mol. The van der Waals surface area contributed by atoms with Gasteiger partial charge in [-0.3, -0.25) is 9.78 Å². The zero-order valence-corrected chi connectivity index (χ0v) is 15.9. The van der Waals surface area contributed by atoms with Gasteiger partial charge in [0.05, 0.1) is 23.9 Å². The highest BCUT2D eigenvalue weighted by atomic mass is 16.5. The Balaban J connectivity index is 1.92. The topological polar surface area (TPSA) is 51.2 Å². The summed E-state index contributed by atoms with van der Waals surface area (Å²) in [6, 6.07) is 21.2. The van der Waals surface area contributed by atoms with Crippen LogP contribution in [0.2, 0.25) is 0 Å². The summed E-state index contributed by atoms with van der Waals surface area (Å²) in [5.74, 6) is 0.681. The molecule has 1 N–H and O–H groups in total. The van der Waals surface area contributed by atoms with E-state index in [1.807, 2.05) is 87.5 Å². The number of nitrogens with zero attached hydrogens (tertiary/aromatic N) is 1. The summed E-state index contributed by atoms with van der Waals surface area (Å²) in [4.78, 5) is 17.3. The fourth-order valence-corrected chi connectivity index (χ4v) is 3.06. The molecule has 0 radical (unpaired) electrons. The van der Waals surface area contributed by atoms with Crippen LogP contribution in [-0.4, -0.2) is 17.5 Å². The summed E-state index contributed by atoms with van der Waals surface area (Å²) < 4.78 is 5.53. The lowest BCUT2D eigenvalue weighted by atomic mass is 9.98. The van der Waals surface area contributed by atoms with Gasteiger partial charge in [-0.2, -0.15) is 0 Å². The van der Waals surface area contributed by atoms with E-state index in [0.717, 1.165) is 28.3 Å². The van der Waals surface area contributed by atoms with E-state index in [-0.39, 0.29) is 11.9 Å². The van der Waals surface area contributed by atoms with Crippen molar-refractivity contribution in [2.75, 3.05) is 6.61 Å². The number of hydrogen-bond acceptors (Lipinski definition) is 3. The third kappa shape index (κ3) is 4.53. The van der Waals surface area contributed by atoms with Gasteiger partial charge >= 0.3 is 0 Å². The first-order valence-corrected chi connectivity index (χ1v) is 9.11. The van der Waals surface area contributed by atoms with Crippen LogP contribution < -0.4 is 10.1 Å². The van der Waals surface area contributed by atoms with Crippen LogP contribution in [0.5, 0.6) is 5.75 Å². The van der Waals surface area contributed by atoms with Gasteiger partial charge in [-0.05, 0) is 56.2 Å². The lowest BCUT2D eigenvalue weighted by Gasteiger charge is -2.21. The number of pyridine rings is 1. The summed E-state index contributed by atoms with van der Waals surface area (Å²) in [6.07, 6.45) is 0. The van der Waals surface area contributed by atoms with Crippen molar-refractivity contribution in [1.82, 2.24) is 10.3 Å². The van der Waals surface area contributed by atoms with Crippen molar-refractivity contribution in [2.24, 2.45) is 0 Å². The Labute approximate surface area is 160 Å². The van der Waals surface area contributed by atoms with Crippen LogP contribution in [0.1, 0.15) is 45.8 Å². The molecule has 4 nitrogen and oxygen atoms in total. The molecule has 3 aromatic rings. The van der Waals surface area contributed by atoms with Crippen molar-refractivity contribution in [1.29, 1.82) is 0 Å². The van der Waals surface area contributed by atoms with E-state index in [0.29, 0.717) is 12.2 Å². The average molecular weight is 360 g/mol. The molecule has 1 heterocycles. The SMILES string of the molecule is CCOc1ccc(C(NC(=O)c2ccc(C)nc2C)c2ccccc2)cc1. The minimum Gasteiger partial charge on any atom is -0.494 e. The first-order chi connectivity index (χ1) is 13.1. The van der Waals surface area contributed by atoms with Crippen LogP contribution in [0.15, 0.2) is 66.7 Å². The average Bonchev–Trinajstić information content (AvgIpc) is 2.67. The second-order valence-electron chi connectivity index (χ2n) is 6.40. The first kappa shape index (κ1) is 18.6. The molecular weight excluding hydrogens is 336 g/mol. The van der Waals surface area contributed by atoms with E-state index in [2.05, 4.69) is 10.3 Å². The fraction of sp³-hybridized carbons (Fsp3) is 0.217. The van der Waals surface area contributed by atoms with Crippen LogP contribution in [0.25, 0.3) is 0 Å². The molecule has 1 amide bonds. The van der Waals surface area contributed by atoms with Crippen molar-refractivity contribution in [2.45, 2.75) is 26.8 Å². The molecule has 4 heteroatoms. The maximum absolute atomic E-state index is 12.9. The van der Waals surface area contributed by atoms with Gasteiger partial charge in [0.2, 0.25) is 0 Å². The van der Waals surface area contributed by atoms with Crippen molar-refractivity contribution in [3.63, 3.8) is 0 Å². The molecule has 0 fully saturated rings. The van der Waals surface area contributed by atoms with Gasteiger partial charge in [-0.25, -0.2) is 0 Å². The quantitative estimate of drug-likeness (QED) is 0.698. The Kier molecular flexibility index (Phi) is 5.87. The zero-order chi connectivity index (χ0) is 19.2. The molecule has 1 atom stereocenters. The van der Waals surface area contributed by atoms with Gasteiger partial charge in [0, 0.05) is 5.69 Å². The van der Waals surface area contributed by atoms with E-state index in [1.54, 1.807) is 0 Å². The number of benzene rings is 2. The first-order valence-electron chi connectivity index (χ1n) is 9.11. The smallest absolute Gasteiger partial charge is 0.253 e. The van der Waals surface area contributed by atoms with Crippen molar-refractivity contribution in [3.05, 3.63) is 94.8 Å². The number of amides is 1. The van der Waals surface area contributed by atoms with Crippen molar-refractivity contribution >= 4 is 5.91 Å². The van der Waals surface area contributed by atoms with Crippen molar-refractivity contribution in [3.8, 4) is 5.75 Å². The van der Waals surface area contributed by atoms with E-state index in [1.165, 1.54) is 0 Å². The van der Waals surface area contributed by atoms with Crippen LogP contribution in [0, 0.1) is 13.8 Å². The predicted octanol–water partition coefficient (Wildman–Crippen LogP) is 4.62.